The maximum atomic E-state index is 13.3. The van der Waals surface area contributed by atoms with Gasteiger partial charge in [0.25, 0.3) is 0 Å². The first-order valence-corrected chi connectivity index (χ1v) is 8.37. The molecule has 0 amide bonds. The molecule has 0 unspecified atom stereocenters. The molecule has 0 spiro atoms. The predicted octanol–water partition coefficient (Wildman–Crippen LogP) is 3.01. The number of hydrogen-bond acceptors (Lipinski definition) is 3. The van der Waals surface area contributed by atoms with Crippen LogP contribution < -0.4 is 9.46 Å². The Balaban J connectivity index is 2.08. The quantitative estimate of drug-likeness (QED) is 0.877. The topological polar surface area (TPSA) is 55.4 Å². The molecule has 0 saturated carbocycles. The van der Waals surface area contributed by atoms with Crippen LogP contribution in [0.4, 0.5) is 4.39 Å². The van der Waals surface area contributed by atoms with E-state index in [0.717, 1.165) is 0 Å². The molecule has 7 heteroatoms. The standard InChI is InChI=1S/C15H15ClFNO3S/c1-21-14-7-6-12(17)10-11(14)8-9-18-22(19,20)15-5-3-2-4-13(15)16/h2-7,10,18H,8-9H2,1H3. The molecule has 0 aliphatic carbocycles. The third-order valence-electron chi connectivity index (χ3n) is 3.06. The van der Waals surface area contributed by atoms with Gasteiger partial charge >= 0.3 is 0 Å². The highest BCUT2D eigenvalue weighted by molar-refractivity contribution is 7.89. The molecule has 0 aliphatic rings. The lowest BCUT2D eigenvalue weighted by Crippen LogP contribution is -2.26. The average molecular weight is 344 g/mol. The zero-order valence-electron chi connectivity index (χ0n) is 11.8. The second-order valence-electron chi connectivity index (χ2n) is 4.53. The van der Waals surface area contributed by atoms with Crippen LogP contribution in [0.2, 0.25) is 5.02 Å². The first-order chi connectivity index (χ1) is 10.4. The van der Waals surface area contributed by atoms with E-state index in [1.165, 1.54) is 37.4 Å². The van der Waals surface area contributed by atoms with Crippen LogP contribution in [0, 0.1) is 5.82 Å². The number of rotatable bonds is 6. The number of benzene rings is 2. The van der Waals surface area contributed by atoms with E-state index in [0.29, 0.717) is 17.7 Å². The van der Waals surface area contributed by atoms with E-state index in [1.807, 2.05) is 0 Å². The van der Waals surface area contributed by atoms with Gasteiger partial charge in [-0.2, -0.15) is 0 Å². The lowest BCUT2D eigenvalue weighted by atomic mass is 10.1. The Hall–Kier alpha value is -1.63. The predicted molar refractivity (Wildman–Crippen MR) is 83.3 cm³/mol. The van der Waals surface area contributed by atoms with Gasteiger partial charge in [0.15, 0.2) is 0 Å². The highest BCUT2D eigenvalue weighted by Crippen LogP contribution is 2.21. The average Bonchev–Trinajstić information content (AvgIpc) is 2.47. The summed E-state index contributed by atoms with van der Waals surface area (Å²) in [6.45, 7) is 0.105. The lowest BCUT2D eigenvalue weighted by molar-refractivity contribution is 0.408. The Morgan fingerprint density at radius 3 is 2.64 bits per heavy atom. The van der Waals surface area contributed by atoms with Gasteiger partial charge in [0.05, 0.1) is 12.1 Å². The molecule has 0 saturated heterocycles. The van der Waals surface area contributed by atoms with Gasteiger partial charge in [-0.25, -0.2) is 17.5 Å². The van der Waals surface area contributed by atoms with Gasteiger partial charge < -0.3 is 4.74 Å². The van der Waals surface area contributed by atoms with Crippen molar-refractivity contribution < 1.29 is 17.5 Å². The van der Waals surface area contributed by atoms with Crippen LogP contribution >= 0.6 is 11.6 Å². The molecular formula is C15H15ClFNO3S. The summed E-state index contributed by atoms with van der Waals surface area (Å²) in [6.07, 6.45) is 0.296. The molecule has 0 bridgehead atoms. The summed E-state index contributed by atoms with van der Waals surface area (Å²) >= 11 is 5.88. The maximum Gasteiger partial charge on any atom is 0.242 e. The van der Waals surface area contributed by atoms with Gasteiger partial charge in [-0.3, -0.25) is 0 Å². The third-order valence-corrected chi connectivity index (χ3v) is 5.02. The first-order valence-electron chi connectivity index (χ1n) is 6.50. The van der Waals surface area contributed by atoms with E-state index < -0.39 is 15.8 Å². The van der Waals surface area contributed by atoms with Crippen molar-refractivity contribution in [2.45, 2.75) is 11.3 Å². The minimum absolute atomic E-state index is 0.0165. The fraction of sp³-hybridized carbons (Fsp3) is 0.200. The van der Waals surface area contributed by atoms with Crippen molar-refractivity contribution >= 4 is 21.6 Å². The highest BCUT2D eigenvalue weighted by atomic mass is 35.5. The van der Waals surface area contributed by atoms with E-state index in [9.17, 15) is 12.8 Å². The zero-order chi connectivity index (χ0) is 16.2. The minimum atomic E-state index is -3.71. The summed E-state index contributed by atoms with van der Waals surface area (Å²) in [5, 5.41) is 0.151. The number of halogens is 2. The van der Waals surface area contributed by atoms with Crippen LogP contribution in [0.1, 0.15) is 5.56 Å². The molecule has 1 N–H and O–H groups in total. The van der Waals surface area contributed by atoms with Crippen molar-refractivity contribution in [3.8, 4) is 5.75 Å². The Labute approximate surface area is 133 Å². The minimum Gasteiger partial charge on any atom is -0.496 e. The third kappa shape index (κ3) is 3.97. The zero-order valence-corrected chi connectivity index (χ0v) is 13.4. The molecule has 4 nitrogen and oxygen atoms in total. The van der Waals surface area contributed by atoms with Crippen LogP contribution in [-0.2, 0) is 16.4 Å². The van der Waals surface area contributed by atoms with Gasteiger partial charge in [-0.05, 0) is 42.3 Å². The number of ether oxygens (including phenoxy) is 1. The molecule has 0 atom stereocenters. The molecule has 0 radical (unpaired) electrons. The second-order valence-corrected chi connectivity index (χ2v) is 6.68. The summed E-state index contributed by atoms with van der Waals surface area (Å²) in [6, 6.07) is 10.3. The first kappa shape index (κ1) is 16.7. The number of sulfonamides is 1. The van der Waals surface area contributed by atoms with E-state index in [4.69, 9.17) is 16.3 Å². The molecule has 2 aromatic carbocycles. The van der Waals surface area contributed by atoms with Crippen molar-refractivity contribution in [3.63, 3.8) is 0 Å². The Morgan fingerprint density at radius 1 is 1.23 bits per heavy atom. The van der Waals surface area contributed by atoms with Crippen LogP contribution in [0.25, 0.3) is 0 Å². The Kier molecular flexibility index (Phi) is 5.39. The Bertz CT molecular complexity index is 765. The van der Waals surface area contributed by atoms with E-state index in [2.05, 4.69) is 4.72 Å². The van der Waals surface area contributed by atoms with Gasteiger partial charge in [0.1, 0.15) is 16.5 Å². The summed E-state index contributed by atoms with van der Waals surface area (Å²) in [7, 11) is -2.23. The lowest BCUT2D eigenvalue weighted by Gasteiger charge is -2.10. The molecule has 0 fully saturated rings. The van der Waals surface area contributed by atoms with Gasteiger partial charge in [-0.1, -0.05) is 23.7 Å². The number of hydrogen-bond donors (Lipinski definition) is 1. The smallest absolute Gasteiger partial charge is 0.242 e. The normalized spacial score (nSPS) is 11.4. The molecule has 0 heterocycles. The molecule has 0 aliphatic heterocycles. The van der Waals surface area contributed by atoms with Crippen molar-refractivity contribution in [3.05, 3.63) is 58.9 Å². The molecule has 22 heavy (non-hydrogen) atoms. The van der Waals surface area contributed by atoms with Crippen molar-refractivity contribution in [2.24, 2.45) is 0 Å². The van der Waals surface area contributed by atoms with Crippen LogP contribution in [0.15, 0.2) is 47.4 Å². The molecule has 0 aromatic heterocycles. The fourth-order valence-electron chi connectivity index (χ4n) is 2.00. The highest BCUT2D eigenvalue weighted by Gasteiger charge is 2.17. The molecular weight excluding hydrogens is 329 g/mol. The monoisotopic (exact) mass is 343 g/mol. The SMILES string of the molecule is COc1ccc(F)cc1CCNS(=O)(=O)c1ccccc1Cl. The fourth-order valence-corrected chi connectivity index (χ4v) is 3.55. The van der Waals surface area contributed by atoms with Crippen molar-refractivity contribution in [2.75, 3.05) is 13.7 Å². The van der Waals surface area contributed by atoms with Crippen LogP contribution in [0.5, 0.6) is 5.75 Å². The summed E-state index contributed by atoms with van der Waals surface area (Å²) in [5.74, 6) is 0.114. The second kappa shape index (κ2) is 7.09. The van der Waals surface area contributed by atoms with Gasteiger partial charge in [-0.15, -0.1) is 0 Å². The van der Waals surface area contributed by atoms with E-state index in [-0.39, 0.29) is 16.5 Å². The van der Waals surface area contributed by atoms with E-state index in [1.54, 1.807) is 12.1 Å². The van der Waals surface area contributed by atoms with Crippen LogP contribution in [0.3, 0.4) is 0 Å². The number of nitrogens with one attached hydrogen (secondary N) is 1. The van der Waals surface area contributed by atoms with E-state index >= 15 is 0 Å². The Morgan fingerprint density at radius 2 is 1.95 bits per heavy atom. The van der Waals surface area contributed by atoms with Crippen LogP contribution in [-0.4, -0.2) is 22.1 Å². The summed E-state index contributed by atoms with van der Waals surface area (Å²) < 4.78 is 45.1. The summed E-state index contributed by atoms with van der Waals surface area (Å²) in [5.41, 5.74) is 0.587. The van der Waals surface area contributed by atoms with Crippen molar-refractivity contribution in [1.82, 2.24) is 4.72 Å². The molecule has 2 rings (SSSR count). The molecule has 118 valence electrons. The van der Waals surface area contributed by atoms with Gasteiger partial charge in [0, 0.05) is 6.54 Å². The van der Waals surface area contributed by atoms with Gasteiger partial charge in [0.2, 0.25) is 10.0 Å². The molecule has 2 aromatic rings. The number of methoxy groups -OCH3 is 1. The van der Waals surface area contributed by atoms with Crippen molar-refractivity contribution in [1.29, 1.82) is 0 Å². The largest absolute Gasteiger partial charge is 0.496 e. The maximum absolute atomic E-state index is 13.3. The summed E-state index contributed by atoms with van der Waals surface area (Å²) in [4.78, 5) is 0.0165.